The van der Waals surface area contributed by atoms with Gasteiger partial charge in [0.1, 0.15) is 0 Å². The molecule has 0 aliphatic carbocycles. The molecule has 1 fully saturated rings. The molecule has 11 heteroatoms. The van der Waals surface area contributed by atoms with Gasteiger partial charge in [0.05, 0.1) is 27.6 Å². The van der Waals surface area contributed by atoms with Crippen molar-refractivity contribution in [1.82, 2.24) is 18.8 Å². The van der Waals surface area contributed by atoms with E-state index in [1.807, 2.05) is 12.1 Å². The summed E-state index contributed by atoms with van der Waals surface area (Å²) in [7, 11) is -2.05. The third-order valence-corrected chi connectivity index (χ3v) is 7.43. The molecule has 0 bridgehead atoms. The van der Waals surface area contributed by atoms with E-state index >= 15 is 0 Å². The smallest absolute Gasteiger partial charge is 0.408 e. The molecule has 3 heterocycles. The van der Waals surface area contributed by atoms with Gasteiger partial charge < -0.3 is 13.9 Å². The molecule has 0 saturated carbocycles. The van der Waals surface area contributed by atoms with Crippen LogP contribution in [0, 0.1) is 0 Å². The van der Waals surface area contributed by atoms with Gasteiger partial charge >= 0.3 is 5.76 Å². The maximum absolute atomic E-state index is 13.1. The van der Waals surface area contributed by atoms with Gasteiger partial charge in [-0.15, -0.1) is 0 Å². The molecule has 0 radical (unpaired) electrons. The number of piperazine rings is 1. The Hall–Kier alpha value is -3.44. The zero-order valence-corrected chi connectivity index (χ0v) is 17.4. The minimum Gasteiger partial charge on any atom is -0.408 e. The molecular formula is C20H19N5O5S. The van der Waals surface area contributed by atoms with E-state index in [-0.39, 0.29) is 10.5 Å². The summed E-state index contributed by atoms with van der Waals surface area (Å²) in [6, 6.07) is 9.79. The van der Waals surface area contributed by atoms with E-state index in [0.717, 1.165) is 5.69 Å². The molecule has 5 rings (SSSR count). The Bertz CT molecular complexity index is 1530. The number of aromatic nitrogens is 3. The fourth-order valence-corrected chi connectivity index (χ4v) is 5.27. The summed E-state index contributed by atoms with van der Waals surface area (Å²) >= 11 is 0. The lowest BCUT2D eigenvalue weighted by Crippen LogP contribution is -2.48. The Morgan fingerprint density at radius 1 is 1.03 bits per heavy atom. The summed E-state index contributed by atoms with van der Waals surface area (Å²) in [5.74, 6) is -0.624. The number of nitrogens with one attached hydrogen (secondary N) is 1. The summed E-state index contributed by atoms with van der Waals surface area (Å²) in [5.41, 5.74) is 2.05. The fraction of sp³-hybridized carbons (Fsp3) is 0.250. The number of sulfonamides is 1. The number of aryl methyl sites for hydroxylation is 1. The number of rotatable bonds is 3. The topological polar surface area (TPSA) is 122 Å². The molecule has 0 amide bonds. The van der Waals surface area contributed by atoms with Crippen molar-refractivity contribution in [2.24, 2.45) is 7.05 Å². The van der Waals surface area contributed by atoms with Gasteiger partial charge in [0.2, 0.25) is 10.0 Å². The Balaban J connectivity index is 1.36. The SMILES string of the molecule is Cn1cnc2cc(N3CCN(S(=O)(=O)c4ccc5oc(=O)[nH]c5c4)CC3)ccc2c1=O. The lowest BCUT2D eigenvalue weighted by atomic mass is 10.2. The maximum atomic E-state index is 13.1. The summed E-state index contributed by atoms with van der Waals surface area (Å²) in [6.45, 7) is 1.62. The highest BCUT2D eigenvalue weighted by molar-refractivity contribution is 7.89. The summed E-state index contributed by atoms with van der Waals surface area (Å²) < 4.78 is 33.9. The lowest BCUT2D eigenvalue weighted by Gasteiger charge is -2.35. The minimum absolute atomic E-state index is 0.108. The first-order valence-electron chi connectivity index (χ1n) is 9.66. The summed E-state index contributed by atoms with van der Waals surface area (Å²) in [4.78, 5) is 32.5. The van der Waals surface area contributed by atoms with Crippen molar-refractivity contribution in [3.63, 3.8) is 0 Å². The molecule has 4 aromatic rings. The quantitative estimate of drug-likeness (QED) is 0.501. The third kappa shape index (κ3) is 3.31. The van der Waals surface area contributed by atoms with Crippen LogP contribution in [0.25, 0.3) is 22.0 Å². The number of nitrogens with zero attached hydrogens (tertiary/aromatic N) is 4. The van der Waals surface area contributed by atoms with Crippen molar-refractivity contribution < 1.29 is 12.8 Å². The molecule has 10 nitrogen and oxygen atoms in total. The molecule has 2 aromatic heterocycles. The third-order valence-electron chi connectivity index (χ3n) is 5.53. The summed E-state index contributed by atoms with van der Waals surface area (Å²) in [5, 5.41) is 0.544. The van der Waals surface area contributed by atoms with Gasteiger partial charge in [-0.05, 0) is 36.4 Å². The van der Waals surface area contributed by atoms with Gasteiger partial charge in [0.15, 0.2) is 5.58 Å². The van der Waals surface area contributed by atoms with Crippen LogP contribution in [0.4, 0.5) is 5.69 Å². The van der Waals surface area contributed by atoms with E-state index in [1.54, 1.807) is 13.1 Å². The molecular weight excluding hydrogens is 422 g/mol. The van der Waals surface area contributed by atoms with Gasteiger partial charge in [-0.2, -0.15) is 4.31 Å². The van der Waals surface area contributed by atoms with Crippen molar-refractivity contribution in [3.05, 3.63) is 63.6 Å². The molecule has 0 atom stereocenters. The Morgan fingerprint density at radius 2 is 1.81 bits per heavy atom. The van der Waals surface area contributed by atoms with Crippen LogP contribution < -0.4 is 16.2 Å². The maximum Gasteiger partial charge on any atom is 0.417 e. The first-order chi connectivity index (χ1) is 14.8. The molecule has 2 aromatic carbocycles. The van der Waals surface area contributed by atoms with Crippen molar-refractivity contribution >= 4 is 37.7 Å². The number of anilines is 1. The van der Waals surface area contributed by atoms with Crippen LogP contribution in [-0.4, -0.2) is 53.4 Å². The second kappa shape index (κ2) is 7.06. The number of benzene rings is 2. The zero-order valence-electron chi connectivity index (χ0n) is 16.6. The van der Waals surface area contributed by atoms with E-state index in [2.05, 4.69) is 14.9 Å². The number of oxazole rings is 1. The normalized spacial score (nSPS) is 15.7. The van der Waals surface area contributed by atoms with E-state index in [4.69, 9.17) is 4.42 Å². The average Bonchev–Trinajstić information content (AvgIpc) is 3.15. The van der Waals surface area contributed by atoms with Gasteiger partial charge in [-0.25, -0.2) is 18.2 Å². The molecule has 1 aliphatic heterocycles. The van der Waals surface area contributed by atoms with E-state index in [1.165, 1.54) is 33.4 Å². The Morgan fingerprint density at radius 3 is 2.58 bits per heavy atom. The lowest BCUT2D eigenvalue weighted by molar-refractivity contribution is 0.385. The van der Waals surface area contributed by atoms with Gasteiger partial charge in [0.25, 0.3) is 5.56 Å². The number of H-pyrrole nitrogens is 1. The number of hydrogen-bond donors (Lipinski definition) is 1. The highest BCUT2D eigenvalue weighted by Gasteiger charge is 2.29. The molecule has 31 heavy (non-hydrogen) atoms. The zero-order chi connectivity index (χ0) is 21.8. The molecule has 0 unspecified atom stereocenters. The molecule has 1 N–H and O–H groups in total. The van der Waals surface area contributed by atoms with Crippen molar-refractivity contribution in [1.29, 1.82) is 0 Å². The molecule has 1 saturated heterocycles. The monoisotopic (exact) mass is 441 g/mol. The van der Waals surface area contributed by atoms with Gasteiger partial charge in [-0.3, -0.25) is 9.78 Å². The van der Waals surface area contributed by atoms with Crippen molar-refractivity contribution in [2.75, 3.05) is 31.1 Å². The van der Waals surface area contributed by atoms with Crippen LogP contribution in [0.3, 0.4) is 0 Å². The van der Waals surface area contributed by atoms with Crippen LogP contribution in [-0.2, 0) is 17.1 Å². The largest absolute Gasteiger partial charge is 0.417 e. The van der Waals surface area contributed by atoms with Crippen molar-refractivity contribution in [3.8, 4) is 0 Å². The van der Waals surface area contributed by atoms with E-state index in [0.29, 0.717) is 48.2 Å². The van der Waals surface area contributed by atoms with Crippen LogP contribution in [0.5, 0.6) is 0 Å². The number of hydrogen-bond acceptors (Lipinski definition) is 7. The van der Waals surface area contributed by atoms with Crippen LogP contribution in [0.2, 0.25) is 0 Å². The van der Waals surface area contributed by atoms with E-state index < -0.39 is 15.8 Å². The van der Waals surface area contributed by atoms with Crippen molar-refractivity contribution in [2.45, 2.75) is 4.90 Å². The molecule has 1 aliphatic rings. The number of fused-ring (bicyclic) bond motifs is 2. The van der Waals surface area contributed by atoms with E-state index in [9.17, 15) is 18.0 Å². The second-order valence-electron chi connectivity index (χ2n) is 7.43. The van der Waals surface area contributed by atoms with Gasteiger partial charge in [-0.1, -0.05) is 0 Å². The molecule has 160 valence electrons. The van der Waals surface area contributed by atoms with Gasteiger partial charge in [0, 0.05) is 38.9 Å². The highest BCUT2D eigenvalue weighted by atomic mass is 32.2. The summed E-state index contributed by atoms with van der Waals surface area (Å²) in [6.07, 6.45) is 1.49. The van der Waals surface area contributed by atoms with Crippen LogP contribution >= 0.6 is 0 Å². The Labute approximate surface area is 176 Å². The minimum atomic E-state index is -3.71. The average molecular weight is 441 g/mol. The fourth-order valence-electron chi connectivity index (χ4n) is 3.82. The van der Waals surface area contributed by atoms with Crippen LogP contribution in [0.15, 0.2) is 61.6 Å². The molecule has 0 spiro atoms. The first kappa shape index (κ1) is 19.5. The predicted molar refractivity (Wildman–Crippen MR) is 115 cm³/mol. The van der Waals surface area contributed by atoms with Crippen LogP contribution in [0.1, 0.15) is 0 Å². The second-order valence-corrected chi connectivity index (χ2v) is 9.36. The Kier molecular flexibility index (Phi) is 4.45. The standard InChI is InChI=1S/C20H19N5O5S/c1-23-12-21-16-10-13(2-4-15(16)19(23)26)24-6-8-25(9-7-24)31(28,29)14-3-5-18-17(11-14)22-20(27)30-18/h2-5,10-12H,6-9H2,1H3,(H,22,27). The predicted octanol–water partition coefficient (Wildman–Crippen LogP) is 0.879. The number of aromatic amines is 1. The first-order valence-corrected chi connectivity index (χ1v) is 11.1. The highest BCUT2D eigenvalue weighted by Crippen LogP contribution is 2.24.